The Morgan fingerprint density at radius 2 is 1.42 bits per heavy atom. The zero-order valence-electron chi connectivity index (χ0n) is 13.7. The van der Waals surface area contributed by atoms with Crippen LogP contribution in [0.1, 0.15) is 11.1 Å². The van der Waals surface area contributed by atoms with E-state index in [4.69, 9.17) is 0 Å². The molecule has 3 amide bonds. The van der Waals surface area contributed by atoms with Gasteiger partial charge >= 0.3 is 12.2 Å². The van der Waals surface area contributed by atoms with Gasteiger partial charge in [0, 0.05) is 24.5 Å². The number of carbonyl (C=O) groups is 2. The van der Waals surface area contributed by atoms with Gasteiger partial charge in [0.1, 0.15) is 0 Å². The summed E-state index contributed by atoms with van der Waals surface area (Å²) in [5.41, 5.74) is 0.792. The van der Waals surface area contributed by atoms with Gasteiger partial charge in [0.2, 0.25) is 5.91 Å². The molecule has 0 fully saturated rings. The van der Waals surface area contributed by atoms with Crippen molar-refractivity contribution in [1.29, 1.82) is 0 Å². The Morgan fingerprint density at radius 3 is 1.92 bits per heavy atom. The molecule has 2 rings (SSSR count). The lowest BCUT2D eigenvalue weighted by Gasteiger charge is -2.07. The van der Waals surface area contributed by atoms with Crippen LogP contribution in [0.3, 0.4) is 0 Å². The number of benzene rings is 2. The average Bonchev–Trinajstić information content (AvgIpc) is 2.61. The maximum atomic E-state index is 12.5. The zero-order chi connectivity index (χ0) is 19.2. The van der Waals surface area contributed by atoms with Gasteiger partial charge in [-0.15, -0.1) is 0 Å². The Morgan fingerprint density at radius 1 is 0.885 bits per heavy atom. The lowest BCUT2D eigenvalue weighted by atomic mass is 10.1. The number of hydrogen-bond donors (Lipinski definition) is 3. The molecule has 3 N–H and O–H groups in total. The van der Waals surface area contributed by atoms with Crippen LogP contribution in [0.25, 0.3) is 6.08 Å². The standard InChI is InChI=1S/C18H16F3N3O2/c1-22-17(26)24-15-9-7-14(8-10-15)23-16(25)11-4-12-2-5-13(6-3-12)18(19,20)21/h2-11H,1H3,(H,23,25)(H2,22,24,26)/b11-4+. The molecule has 0 unspecified atom stereocenters. The summed E-state index contributed by atoms with van der Waals surface area (Å²) in [6.07, 6.45) is -1.76. The van der Waals surface area contributed by atoms with Gasteiger partial charge in [0.05, 0.1) is 5.56 Å². The molecule has 8 heteroatoms. The number of urea groups is 1. The van der Waals surface area contributed by atoms with Crippen LogP contribution in [-0.2, 0) is 11.0 Å². The van der Waals surface area contributed by atoms with Crippen molar-refractivity contribution in [1.82, 2.24) is 5.32 Å². The van der Waals surface area contributed by atoms with Crippen molar-refractivity contribution in [3.8, 4) is 0 Å². The lowest BCUT2D eigenvalue weighted by molar-refractivity contribution is -0.137. The number of nitrogens with one attached hydrogen (secondary N) is 3. The van der Waals surface area contributed by atoms with Crippen molar-refractivity contribution in [3.63, 3.8) is 0 Å². The number of anilines is 2. The number of amides is 3. The number of carbonyl (C=O) groups excluding carboxylic acids is 2. The monoisotopic (exact) mass is 363 g/mol. The van der Waals surface area contributed by atoms with Crippen LogP contribution < -0.4 is 16.0 Å². The Kier molecular flexibility index (Phi) is 6.00. The molecule has 2 aromatic carbocycles. The SMILES string of the molecule is CNC(=O)Nc1ccc(NC(=O)/C=C/c2ccc(C(F)(F)F)cc2)cc1. The number of alkyl halides is 3. The van der Waals surface area contributed by atoms with Crippen LogP contribution >= 0.6 is 0 Å². The van der Waals surface area contributed by atoms with Crippen molar-refractivity contribution in [3.05, 3.63) is 65.7 Å². The third kappa shape index (κ3) is 5.66. The highest BCUT2D eigenvalue weighted by Crippen LogP contribution is 2.29. The van der Waals surface area contributed by atoms with Crippen molar-refractivity contribution in [2.24, 2.45) is 0 Å². The quantitative estimate of drug-likeness (QED) is 0.716. The predicted molar refractivity (Wildman–Crippen MR) is 93.6 cm³/mol. The minimum absolute atomic E-state index is 0.360. The minimum Gasteiger partial charge on any atom is -0.341 e. The first-order valence-corrected chi connectivity index (χ1v) is 7.53. The van der Waals surface area contributed by atoms with E-state index in [0.717, 1.165) is 12.1 Å². The summed E-state index contributed by atoms with van der Waals surface area (Å²) in [6, 6.07) is 10.6. The van der Waals surface area contributed by atoms with Gasteiger partial charge in [-0.05, 0) is 48.0 Å². The van der Waals surface area contributed by atoms with E-state index >= 15 is 0 Å². The van der Waals surface area contributed by atoms with E-state index in [0.29, 0.717) is 16.9 Å². The molecule has 0 saturated heterocycles. The summed E-state index contributed by atoms with van der Waals surface area (Å²) in [5.74, 6) is -0.433. The molecule has 0 radical (unpaired) electrons. The van der Waals surface area contributed by atoms with Gasteiger partial charge in [-0.2, -0.15) is 13.2 Å². The second kappa shape index (κ2) is 8.19. The second-order valence-electron chi connectivity index (χ2n) is 5.22. The molecule has 0 aliphatic heterocycles. The van der Waals surface area contributed by atoms with Gasteiger partial charge in [-0.3, -0.25) is 4.79 Å². The number of rotatable bonds is 4. The van der Waals surface area contributed by atoms with Crippen LogP contribution in [0.4, 0.5) is 29.3 Å². The summed E-state index contributed by atoms with van der Waals surface area (Å²) in [6.45, 7) is 0. The minimum atomic E-state index is -4.39. The van der Waals surface area contributed by atoms with Gasteiger partial charge in [0.15, 0.2) is 0 Å². The number of hydrogen-bond acceptors (Lipinski definition) is 2. The van der Waals surface area contributed by atoms with Crippen LogP contribution in [0.5, 0.6) is 0 Å². The first-order valence-electron chi connectivity index (χ1n) is 7.53. The molecule has 0 atom stereocenters. The summed E-state index contributed by atoms with van der Waals surface area (Å²) in [5, 5.41) is 7.60. The van der Waals surface area contributed by atoms with E-state index in [1.807, 2.05) is 0 Å². The second-order valence-corrected chi connectivity index (χ2v) is 5.22. The first-order chi connectivity index (χ1) is 12.3. The van der Waals surface area contributed by atoms with Crippen molar-refractivity contribution in [2.75, 3.05) is 17.7 Å². The molecule has 0 spiro atoms. The largest absolute Gasteiger partial charge is 0.416 e. The third-order valence-corrected chi connectivity index (χ3v) is 3.30. The number of halogens is 3. The van der Waals surface area contributed by atoms with Gasteiger partial charge in [-0.1, -0.05) is 12.1 Å². The van der Waals surface area contributed by atoms with Crippen LogP contribution in [0.2, 0.25) is 0 Å². The van der Waals surface area contributed by atoms with Gasteiger partial charge < -0.3 is 16.0 Å². The molecule has 26 heavy (non-hydrogen) atoms. The van der Waals surface area contributed by atoms with Crippen molar-refractivity contribution >= 4 is 29.4 Å². The molecule has 0 heterocycles. The fraction of sp³-hybridized carbons (Fsp3) is 0.111. The Bertz CT molecular complexity index is 798. The summed E-state index contributed by atoms with van der Waals surface area (Å²) >= 11 is 0. The molecule has 0 bridgehead atoms. The van der Waals surface area contributed by atoms with E-state index in [2.05, 4.69) is 16.0 Å². The van der Waals surface area contributed by atoms with Crippen LogP contribution in [0.15, 0.2) is 54.6 Å². The van der Waals surface area contributed by atoms with Crippen LogP contribution in [-0.4, -0.2) is 19.0 Å². The first kappa shape index (κ1) is 19.0. The fourth-order valence-electron chi connectivity index (χ4n) is 1.97. The molecular weight excluding hydrogens is 347 g/mol. The maximum Gasteiger partial charge on any atom is 0.416 e. The highest BCUT2D eigenvalue weighted by atomic mass is 19.4. The zero-order valence-corrected chi connectivity index (χ0v) is 13.7. The Hall–Kier alpha value is -3.29. The highest BCUT2D eigenvalue weighted by Gasteiger charge is 2.29. The van der Waals surface area contributed by atoms with Gasteiger partial charge in [0.25, 0.3) is 0 Å². The van der Waals surface area contributed by atoms with Crippen molar-refractivity contribution in [2.45, 2.75) is 6.18 Å². The topological polar surface area (TPSA) is 70.2 Å². The Balaban J connectivity index is 1.93. The molecule has 0 aliphatic rings. The maximum absolute atomic E-state index is 12.5. The molecule has 0 saturated carbocycles. The molecular formula is C18H16F3N3O2. The fourth-order valence-corrected chi connectivity index (χ4v) is 1.97. The smallest absolute Gasteiger partial charge is 0.341 e. The molecule has 2 aromatic rings. The summed E-state index contributed by atoms with van der Waals surface area (Å²) < 4.78 is 37.5. The molecule has 136 valence electrons. The van der Waals surface area contributed by atoms with E-state index in [1.165, 1.54) is 31.3 Å². The molecule has 5 nitrogen and oxygen atoms in total. The van der Waals surface area contributed by atoms with E-state index < -0.39 is 17.6 Å². The van der Waals surface area contributed by atoms with E-state index in [9.17, 15) is 22.8 Å². The summed E-state index contributed by atoms with van der Waals surface area (Å²) in [7, 11) is 1.49. The molecule has 0 aliphatic carbocycles. The lowest BCUT2D eigenvalue weighted by Crippen LogP contribution is -2.24. The van der Waals surface area contributed by atoms with Crippen LogP contribution in [0, 0.1) is 0 Å². The molecule has 0 aromatic heterocycles. The highest BCUT2D eigenvalue weighted by molar-refractivity contribution is 6.02. The average molecular weight is 363 g/mol. The Labute approximate surface area is 147 Å². The summed E-state index contributed by atoms with van der Waals surface area (Å²) in [4.78, 5) is 23.0. The van der Waals surface area contributed by atoms with E-state index in [-0.39, 0.29) is 6.03 Å². The van der Waals surface area contributed by atoms with Gasteiger partial charge in [-0.25, -0.2) is 4.79 Å². The third-order valence-electron chi connectivity index (χ3n) is 3.30. The predicted octanol–water partition coefficient (Wildman–Crippen LogP) is 4.11. The van der Waals surface area contributed by atoms with E-state index in [1.54, 1.807) is 24.3 Å². The van der Waals surface area contributed by atoms with Crippen molar-refractivity contribution < 1.29 is 22.8 Å². The normalized spacial score (nSPS) is 11.2.